The zero-order valence-corrected chi connectivity index (χ0v) is 14.8. The molecule has 2 aromatic rings. The molecule has 1 saturated carbocycles. The number of thiophene rings is 1. The summed E-state index contributed by atoms with van der Waals surface area (Å²) in [7, 11) is 0. The van der Waals surface area contributed by atoms with E-state index < -0.39 is 5.54 Å². The molecule has 1 aromatic carbocycles. The molecule has 2 atom stereocenters. The van der Waals surface area contributed by atoms with E-state index in [4.69, 9.17) is 16.6 Å². The van der Waals surface area contributed by atoms with Crippen molar-refractivity contribution in [1.82, 2.24) is 0 Å². The Labute approximate surface area is 144 Å². The van der Waals surface area contributed by atoms with Gasteiger partial charge < -0.3 is 5.32 Å². The number of halogens is 1. The van der Waals surface area contributed by atoms with Gasteiger partial charge in [-0.3, -0.25) is 9.79 Å². The summed E-state index contributed by atoms with van der Waals surface area (Å²) in [6.45, 7) is 6.26. The maximum atomic E-state index is 12.7. The molecule has 118 valence electrons. The Hall–Kier alpha value is -1.65. The van der Waals surface area contributed by atoms with Gasteiger partial charge in [-0.2, -0.15) is 0 Å². The van der Waals surface area contributed by atoms with E-state index in [9.17, 15) is 4.79 Å². The Bertz CT molecular complexity index is 853. The van der Waals surface area contributed by atoms with Gasteiger partial charge in [-0.25, -0.2) is 0 Å². The lowest BCUT2D eigenvalue weighted by Crippen LogP contribution is -2.28. The Morgan fingerprint density at radius 1 is 1.30 bits per heavy atom. The number of aliphatic imine (C=N–C) groups is 1. The van der Waals surface area contributed by atoms with Gasteiger partial charge in [0.25, 0.3) is 5.91 Å². The SMILES string of the molecule is Cc1sc2c(c1C)C(c1ccc(Cl)cc1)=NC1(CC1C)C(=O)N2. The van der Waals surface area contributed by atoms with Crippen molar-refractivity contribution in [2.24, 2.45) is 10.9 Å². The van der Waals surface area contributed by atoms with Crippen LogP contribution >= 0.6 is 22.9 Å². The van der Waals surface area contributed by atoms with Crippen molar-refractivity contribution in [1.29, 1.82) is 0 Å². The number of hydrogen-bond donors (Lipinski definition) is 1. The third-order valence-corrected chi connectivity index (χ3v) is 6.32. The molecule has 3 nitrogen and oxygen atoms in total. The van der Waals surface area contributed by atoms with E-state index in [2.05, 4.69) is 26.1 Å². The number of fused-ring (bicyclic) bond motifs is 1. The molecule has 5 heteroatoms. The number of rotatable bonds is 1. The highest BCUT2D eigenvalue weighted by Gasteiger charge is 2.59. The molecule has 0 radical (unpaired) electrons. The lowest BCUT2D eigenvalue weighted by atomic mass is 10.00. The molecule has 1 aromatic heterocycles. The second-order valence-electron chi connectivity index (χ2n) is 6.44. The van der Waals surface area contributed by atoms with E-state index in [-0.39, 0.29) is 11.8 Å². The van der Waals surface area contributed by atoms with Crippen molar-refractivity contribution in [3.63, 3.8) is 0 Å². The number of nitrogens with zero attached hydrogens (tertiary/aromatic N) is 1. The Morgan fingerprint density at radius 2 is 1.96 bits per heavy atom. The standard InChI is InChI=1S/C18H17ClN2OS/c1-9-8-18(9)17(22)20-16-14(10(2)11(3)23-16)15(21-18)12-4-6-13(19)7-5-12/h4-7,9H,8H2,1-3H3,(H,20,22). The zero-order chi connectivity index (χ0) is 16.4. The van der Waals surface area contributed by atoms with Gasteiger partial charge in [-0.15, -0.1) is 11.3 Å². The largest absolute Gasteiger partial charge is 0.315 e. The molecule has 0 bridgehead atoms. The maximum absolute atomic E-state index is 12.7. The van der Waals surface area contributed by atoms with E-state index in [1.165, 1.54) is 10.4 Å². The fourth-order valence-electron chi connectivity index (χ4n) is 3.21. The number of hydrogen-bond acceptors (Lipinski definition) is 3. The van der Waals surface area contributed by atoms with Gasteiger partial charge >= 0.3 is 0 Å². The summed E-state index contributed by atoms with van der Waals surface area (Å²) in [5, 5.41) is 4.73. The van der Waals surface area contributed by atoms with Gasteiger partial charge in [0, 0.05) is 21.0 Å². The van der Waals surface area contributed by atoms with Crippen LogP contribution in [0.25, 0.3) is 0 Å². The highest BCUT2D eigenvalue weighted by atomic mass is 35.5. The number of aryl methyl sites for hydroxylation is 1. The van der Waals surface area contributed by atoms with Crippen LogP contribution in [0.1, 0.15) is 34.9 Å². The van der Waals surface area contributed by atoms with Gasteiger partial charge in [0.2, 0.25) is 0 Å². The van der Waals surface area contributed by atoms with Crippen molar-refractivity contribution in [2.75, 3.05) is 5.32 Å². The molecule has 1 amide bonds. The van der Waals surface area contributed by atoms with Crippen molar-refractivity contribution >= 4 is 39.6 Å². The average Bonchev–Trinajstić information content (AvgIpc) is 3.11. The molecule has 1 aliphatic carbocycles. The minimum atomic E-state index is -0.603. The quantitative estimate of drug-likeness (QED) is 0.807. The molecule has 1 N–H and O–H groups in total. The first-order valence-electron chi connectivity index (χ1n) is 7.70. The lowest BCUT2D eigenvalue weighted by molar-refractivity contribution is -0.118. The van der Waals surface area contributed by atoms with E-state index in [1.807, 2.05) is 24.3 Å². The topological polar surface area (TPSA) is 41.5 Å². The molecule has 2 heterocycles. The van der Waals surface area contributed by atoms with E-state index in [1.54, 1.807) is 11.3 Å². The highest BCUT2D eigenvalue weighted by molar-refractivity contribution is 7.17. The zero-order valence-electron chi connectivity index (χ0n) is 13.2. The average molecular weight is 345 g/mol. The molecule has 2 aliphatic rings. The predicted molar refractivity (Wildman–Crippen MR) is 96.0 cm³/mol. The van der Waals surface area contributed by atoms with E-state index in [0.29, 0.717) is 5.02 Å². The first kappa shape index (κ1) is 14.9. The van der Waals surface area contributed by atoms with Crippen molar-refractivity contribution in [3.05, 3.63) is 50.9 Å². The molecule has 1 aliphatic heterocycles. The number of benzene rings is 1. The summed E-state index contributed by atoms with van der Waals surface area (Å²) in [6, 6.07) is 7.70. The van der Waals surface area contributed by atoms with Gasteiger partial charge in [0.1, 0.15) is 10.5 Å². The fraction of sp³-hybridized carbons (Fsp3) is 0.333. The predicted octanol–water partition coefficient (Wildman–Crippen LogP) is 4.59. The van der Waals surface area contributed by atoms with Crippen LogP contribution in [0.3, 0.4) is 0 Å². The highest BCUT2D eigenvalue weighted by Crippen LogP contribution is 2.51. The van der Waals surface area contributed by atoms with Gasteiger partial charge in [0.15, 0.2) is 0 Å². The van der Waals surface area contributed by atoms with Crippen molar-refractivity contribution < 1.29 is 4.79 Å². The van der Waals surface area contributed by atoms with E-state index >= 15 is 0 Å². The summed E-state index contributed by atoms with van der Waals surface area (Å²) in [4.78, 5) is 18.9. The Balaban J connectivity index is 1.97. The smallest absolute Gasteiger partial charge is 0.253 e. The molecular formula is C18H17ClN2OS. The number of carbonyl (C=O) groups is 1. The summed E-state index contributed by atoms with van der Waals surface area (Å²) in [6.07, 6.45) is 0.808. The summed E-state index contributed by atoms with van der Waals surface area (Å²) >= 11 is 7.66. The lowest BCUT2D eigenvalue weighted by Gasteiger charge is -2.10. The third kappa shape index (κ3) is 2.16. The second kappa shape index (κ2) is 4.92. The first-order valence-corrected chi connectivity index (χ1v) is 8.89. The van der Waals surface area contributed by atoms with Gasteiger partial charge in [-0.1, -0.05) is 30.7 Å². The van der Waals surface area contributed by atoms with Crippen molar-refractivity contribution in [2.45, 2.75) is 32.7 Å². The van der Waals surface area contributed by atoms with Crippen LogP contribution in [0.4, 0.5) is 5.00 Å². The molecule has 0 saturated heterocycles. The third-order valence-electron chi connectivity index (χ3n) is 4.94. The summed E-state index contributed by atoms with van der Waals surface area (Å²) in [5.41, 5.74) is 3.55. The van der Waals surface area contributed by atoms with Crippen molar-refractivity contribution in [3.8, 4) is 0 Å². The summed E-state index contributed by atoms with van der Waals surface area (Å²) < 4.78 is 0. The number of amides is 1. The minimum Gasteiger partial charge on any atom is -0.315 e. The number of carbonyl (C=O) groups excluding carboxylic acids is 1. The van der Waals surface area contributed by atoms with Gasteiger partial charge in [-0.05, 0) is 43.9 Å². The van der Waals surface area contributed by atoms with Crippen LogP contribution in [0.5, 0.6) is 0 Å². The molecule has 1 spiro atoms. The van der Waals surface area contributed by atoms with Crippen LogP contribution in [0.2, 0.25) is 5.02 Å². The number of anilines is 1. The Kier molecular flexibility index (Phi) is 3.19. The van der Waals surface area contributed by atoms with Crippen LogP contribution in [-0.4, -0.2) is 17.2 Å². The molecular weight excluding hydrogens is 328 g/mol. The first-order chi connectivity index (χ1) is 10.9. The normalized spacial score (nSPS) is 25.7. The maximum Gasteiger partial charge on any atom is 0.253 e. The number of nitrogens with one attached hydrogen (secondary N) is 1. The molecule has 4 rings (SSSR count). The summed E-state index contributed by atoms with van der Waals surface area (Å²) in [5.74, 6) is 0.302. The molecule has 2 unspecified atom stereocenters. The molecule has 23 heavy (non-hydrogen) atoms. The van der Waals surface area contributed by atoms with Crippen LogP contribution in [0.15, 0.2) is 29.3 Å². The van der Waals surface area contributed by atoms with Gasteiger partial charge in [0.05, 0.1) is 5.71 Å². The second-order valence-corrected chi connectivity index (χ2v) is 8.10. The fourth-order valence-corrected chi connectivity index (χ4v) is 4.40. The van der Waals surface area contributed by atoms with Crippen LogP contribution in [-0.2, 0) is 4.79 Å². The van der Waals surface area contributed by atoms with E-state index in [0.717, 1.165) is 28.3 Å². The monoisotopic (exact) mass is 344 g/mol. The minimum absolute atomic E-state index is 0.0245. The van der Waals surface area contributed by atoms with Crippen LogP contribution < -0.4 is 5.32 Å². The Morgan fingerprint density at radius 3 is 2.57 bits per heavy atom. The van der Waals surface area contributed by atoms with Crippen LogP contribution in [0, 0.1) is 19.8 Å². The molecule has 1 fully saturated rings.